The molecule has 2 aromatic rings. The van der Waals surface area contributed by atoms with Crippen molar-refractivity contribution >= 4 is 51.4 Å². The fourth-order valence-corrected chi connectivity index (χ4v) is 8.02. The standard InChI is InChI=1S/C27H31ClN2O4S/c1-4-34-25(32)21-15(3)22(23(31)29-19-6-5-14(2)20(28)10-19)35-24(21)30-26(33)27-11-16-7-17(12-27)9-18(8-16)13-27/h5-6,10,16-18H,4,7-9,11-13H2,1-3H3,(H,29,31)(H,30,33). The minimum absolute atomic E-state index is 0.0133. The van der Waals surface area contributed by atoms with Crippen LogP contribution in [0.2, 0.25) is 5.02 Å². The molecular weight excluding hydrogens is 484 g/mol. The third-order valence-electron chi connectivity index (χ3n) is 8.01. The van der Waals surface area contributed by atoms with Crippen LogP contribution in [-0.4, -0.2) is 24.4 Å². The van der Waals surface area contributed by atoms with Crippen LogP contribution < -0.4 is 10.6 Å². The number of esters is 1. The van der Waals surface area contributed by atoms with Crippen molar-refractivity contribution in [2.24, 2.45) is 23.2 Å². The molecule has 2 amide bonds. The maximum Gasteiger partial charge on any atom is 0.341 e. The van der Waals surface area contributed by atoms with Crippen molar-refractivity contribution in [2.45, 2.75) is 59.3 Å². The number of anilines is 2. The Morgan fingerprint density at radius 1 is 1.06 bits per heavy atom. The largest absolute Gasteiger partial charge is 0.462 e. The van der Waals surface area contributed by atoms with Crippen molar-refractivity contribution in [3.63, 3.8) is 0 Å². The minimum Gasteiger partial charge on any atom is -0.462 e. The summed E-state index contributed by atoms with van der Waals surface area (Å²) >= 11 is 7.34. The lowest BCUT2D eigenvalue weighted by atomic mass is 9.49. The molecule has 4 saturated carbocycles. The molecule has 35 heavy (non-hydrogen) atoms. The van der Waals surface area contributed by atoms with E-state index in [2.05, 4.69) is 10.6 Å². The van der Waals surface area contributed by atoms with Crippen molar-refractivity contribution in [3.8, 4) is 0 Å². The first-order valence-electron chi connectivity index (χ1n) is 12.4. The van der Waals surface area contributed by atoms with Gasteiger partial charge in [0.15, 0.2) is 0 Å². The molecule has 4 fully saturated rings. The van der Waals surface area contributed by atoms with Crippen LogP contribution in [0.15, 0.2) is 18.2 Å². The number of thiophene rings is 1. The van der Waals surface area contributed by atoms with Crippen molar-refractivity contribution in [2.75, 3.05) is 17.2 Å². The fourth-order valence-electron chi connectivity index (χ4n) is 6.75. The molecule has 6 nitrogen and oxygen atoms in total. The molecule has 1 aromatic carbocycles. The molecule has 0 unspecified atom stereocenters. The molecule has 6 rings (SSSR count). The molecule has 0 saturated heterocycles. The van der Waals surface area contributed by atoms with Gasteiger partial charge in [0.25, 0.3) is 5.91 Å². The quantitative estimate of drug-likeness (QED) is 0.425. The number of hydrogen-bond donors (Lipinski definition) is 2. The average molecular weight is 515 g/mol. The second kappa shape index (κ2) is 9.25. The van der Waals surface area contributed by atoms with Gasteiger partial charge in [-0.05, 0) is 100 Å². The average Bonchev–Trinajstić information content (AvgIpc) is 3.11. The number of carbonyl (C=O) groups is 3. The van der Waals surface area contributed by atoms with Gasteiger partial charge < -0.3 is 15.4 Å². The first kappa shape index (κ1) is 24.3. The number of carbonyl (C=O) groups excluding carboxylic acids is 3. The second-order valence-corrected chi connectivity index (χ2v) is 12.0. The van der Waals surface area contributed by atoms with E-state index in [0.717, 1.165) is 36.2 Å². The molecule has 4 aliphatic rings. The number of benzene rings is 1. The summed E-state index contributed by atoms with van der Waals surface area (Å²) in [5.41, 5.74) is 1.89. The van der Waals surface area contributed by atoms with Crippen molar-refractivity contribution in [3.05, 3.63) is 44.8 Å². The monoisotopic (exact) mass is 514 g/mol. The van der Waals surface area contributed by atoms with Crippen LogP contribution in [-0.2, 0) is 9.53 Å². The molecule has 0 radical (unpaired) electrons. The zero-order chi connectivity index (χ0) is 24.9. The fraction of sp³-hybridized carbons (Fsp3) is 0.519. The Balaban J connectivity index is 1.43. The van der Waals surface area contributed by atoms with Gasteiger partial charge in [-0.15, -0.1) is 11.3 Å². The van der Waals surface area contributed by atoms with E-state index in [1.807, 2.05) is 13.0 Å². The van der Waals surface area contributed by atoms with Gasteiger partial charge in [-0.1, -0.05) is 17.7 Å². The van der Waals surface area contributed by atoms with Crippen LogP contribution in [0.25, 0.3) is 0 Å². The first-order valence-corrected chi connectivity index (χ1v) is 13.6. The summed E-state index contributed by atoms with van der Waals surface area (Å²) in [6.45, 7) is 5.56. The lowest BCUT2D eigenvalue weighted by Gasteiger charge is -2.55. The van der Waals surface area contributed by atoms with Gasteiger partial charge in [0.2, 0.25) is 5.91 Å². The van der Waals surface area contributed by atoms with Crippen LogP contribution in [0.3, 0.4) is 0 Å². The summed E-state index contributed by atoms with van der Waals surface area (Å²) in [6, 6.07) is 5.31. The maximum atomic E-state index is 13.7. The molecule has 1 heterocycles. The van der Waals surface area contributed by atoms with Crippen LogP contribution >= 0.6 is 22.9 Å². The minimum atomic E-state index is -0.528. The van der Waals surface area contributed by atoms with Gasteiger partial charge >= 0.3 is 5.97 Å². The van der Waals surface area contributed by atoms with Crippen molar-refractivity contribution < 1.29 is 19.1 Å². The van der Waals surface area contributed by atoms with Gasteiger partial charge in [-0.2, -0.15) is 0 Å². The molecule has 0 spiro atoms. The lowest BCUT2D eigenvalue weighted by Crippen LogP contribution is -2.51. The smallest absolute Gasteiger partial charge is 0.341 e. The number of nitrogens with one attached hydrogen (secondary N) is 2. The molecule has 4 aliphatic carbocycles. The Hall–Kier alpha value is -2.38. The van der Waals surface area contributed by atoms with E-state index in [-0.39, 0.29) is 29.4 Å². The third-order valence-corrected chi connectivity index (χ3v) is 9.62. The van der Waals surface area contributed by atoms with E-state index in [1.165, 1.54) is 19.3 Å². The highest BCUT2D eigenvalue weighted by Gasteiger charge is 2.54. The summed E-state index contributed by atoms with van der Waals surface area (Å²) in [5, 5.41) is 6.90. The van der Waals surface area contributed by atoms with Gasteiger partial charge in [0.05, 0.1) is 22.5 Å². The SMILES string of the molecule is CCOC(=O)c1c(NC(=O)C23CC4CC(CC(C4)C2)C3)sc(C(=O)Nc2ccc(C)c(Cl)c2)c1C. The zero-order valence-electron chi connectivity index (χ0n) is 20.3. The molecular formula is C27H31ClN2O4S. The van der Waals surface area contributed by atoms with Crippen LogP contribution in [0.4, 0.5) is 10.7 Å². The Bertz CT molecular complexity index is 1170. The molecule has 186 valence electrons. The molecule has 4 bridgehead atoms. The summed E-state index contributed by atoms with van der Waals surface area (Å²) in [4.78, 5) is 40.1. The Labute approximate surface area is 214 Å². The predicted molar refractivity (Wildman–Crippen MR) is 138 cm³/mol. The number of halogens is 1. The van der Waals surface area contributed by atoms with Gasteiger partial charge in [0, 0.05) is 10.7 Å². The summed E-state index contributed by atoms with van der Waals surface area (Å²) in [7, 11) is 0. The van der Waals surface area contributed by atoms with Crippen molar-refractivity contribution in [1.82, 2.24) is 0 Å². The summed E-state index contributed by atoms with van der Waals surface area (Å²) in [6.07, 6.45) is 6.49. The van der Waals surface area contributed by atoms with E-state index in [0.29, 0.717) is 43.9 Å². The van der Waals surface area contributed by atoms with E-state index >= 15 is 0 Å². The Morgan fingerprint density at radius 2 is 1.69 bits per heavy atom. The Morgan fingerprint density at radius 3 is 2.26 bits per heavy atom. The summed E-state index contributed by atoms with van der Waals surface area (Å²) in [5.74, 6) is 0.992. The third kappa shape index (κ3) is 4.49. The predicted octanol–water partition coefficient (Wildman–Crippen LogP) is 6.60. The first-order chi connectivity index (χ1) is 16.7. The molecule has 0 aliphatic heterocycles. The van der Waals surface area contributed by atoms with E-state index in [1.54, 1.807) is 26.0 Å². The van der Waals surface area contributed by atoms with Gasteiger partial charge in [-0.3, -0.25) is 9.59 Å². The molecule has 8 heteroatoms. The van der Waals surface area contributed by atoms with Crippen LogP contribution in [0, 0.1) is 37.0 Å². The normalized spacial score (nSPS) is 26.5. The van der Waals surface area contributed by atoms with Crippen LogP contribution in [0.5, 0.6) is 0 Å². The Kier molecular flexibility index (Phi) is 6.43. The molecule has 2 N–H and O–H groups in total. The highest BCUT2D eigenvalue weighted by Crippen LogP contribution is 2.60. The van der Waals surface area contributed by atoms with E-state index < -0.39 is 5.97 Å². The highest BCUT2D eigenvalue weighted by atomic mass is 35.5. The topological polar surface area (TPSA) is 84.5 Å². The zero-order valence-corrected chi connectivity index (χ0v) is 21.9. The number of hydrogen-bond acceptors (Lipinski definition) is 5. The highest BCUT2D eigenvalue weighted by molar-refractivity contribution is 7.19. The number of aryl methyl sites for hydroxylation is 1. The van der Waals surface area contributed by atoms with Crippen molar-refractivity contribution in [1.29, 1.82) is 0 Å². The maximum absolute atomic E-state index is 13.7. The van der Waals surface area contributed by atoms with Gasteiger partial charge in [0.1, 0.15) is 5.00 Å². The van der Waals surface area contributed by atoms with Crippen LogP contribution in [0.1, 0.15) is 76.6 Å². The second-order valence-electron chi connectivity index (χ2n) is 10.6. The lowest BCUT2D eigenvalue weighted by molar-refractivity contribution is -0.140. The van der Waals surface area contributed by atoms with E-state index in [4.69, 9.17) is 16.3 Å². The summed E-state index contributed by atoms with van der Waals surface area (Å²) < 4.78 is 5.29. The number of amides is 2. The van der Waals surface area contributed by atoms with E-state index in [9.17, 15) is 14.4 Å². The molecule has 0 atom stereocenters. The number of ether oxygens (including phenoxy) is 1. The molecule has 1 aromatic heterocycles. The van der Waals surface area contributed by atoms with Gasteiger partial charge in [-0.25, -0.2) is 4.79 Å². The number of rotatable bonds is 6.